The SMILES string of the molecule is Cc1ccccc1C(C(=O)NCl)c1ccccc1C(=O)C[N+](=O)[O-]. The largest absolute Gasteiger partial charge is 0.287 e. The Morgan fingerprint density at radius 2 is 1.71 bits per heavy atom. The van der Waals surface area contributed by atoms with E-state index in [0.29, 0.717) is 11.1 Å². The highest BCUT2D eigenvalue weighted by Crippen LogP contribution is 2.30. The molecule has 2 aromatic carbocycles. The third-order valence-electron chi connectivity index (χ3n) is 3.70. The summed E-state index contributed by atoms with van der Waals surface area (Å²) in [4.78, 5) is 36.6. The van der Waals surface area contributed by atoms with Gasteiger partial charge in [-0.05, 0) is 23.6 Å². The lowest BCUT2D eigenvalue weighted by Crippen LogP contribution is -2.26. The van der Waals surface area contributed by atoms with Crippen molar-refractivity contribution in [2.45, 2.75) is 12.8 Å². The Bertz CT molecular complexity index is 792. The predicted octanol–water partition coefficient (Wildman–Crippen LogP) is 2.86. The second kappa shape index (κ2) is 7.70. The number of nitro groups is 1. The zero-order valence-corrected chi connectivity index (χ0v) is 13.6. The second-order valence-corrected chi connectivity index (χ2v) is 5.44. The Kier molecular flexibility index (Phi) is 5.65. The number of hydrogen-bond acceptors (Lipinski definition) is 4. The molecule has 2 rings (SSSR count). The van der Waals surface area contributed by atoms with Crippen LogP contribution in [0.2, 0.25) is 0 Å². The molecule has 0 radical (unpaired) electrons. The van der Waals surface area contributed by atoms with E-state index in [0.717, 1.165) is 5.56 Å². The Morgan fingerprint density at radius 1 is 1.12 bits per heavy atom. The number of nitrogens with one attached hydrogen (secondary N) is 1. The summed E-state index contributed by atoms with van der Waals surface area (Å²) in [6.45, 7) is 1.01. The molecule has 124 valence electrons. The van der Waals surface area contributed by atoms with Crippen LogP contribution in [0.5, 0.6) is 0 Å². The van der Waals surface area contributed by atoms with Crippen LogP contribution in [0, 0.1) is 17.0 Å². The molecule has 0 aromatic heterocycles. The lowest BCUT2D eigenvalue weighted by molar-refractivity contribution is -0.465. The maximum atomic E-state index is 12.4. The topological polar surface area (TPSA) is 89.3 Å². The molecule has 0 aliphatic heterocycles. The molecule has 2 aromatic rings. The van der Waals surface area contributed by atoms with E-state index in [1.165, 1.54) is 6.07 Å². The summed E-state index contributed by atoms with van der Waals surface area (Å²) in [5.41, 5.74) is 2.05. The minimum atomic E-state index is -0.837. The Balaban J connectivity index is 2.60. The standard InChI is InChI=1S/C17H15ClN2O4/c1-11-6-2-3-7-12(11)16(17(22)19-18)14-9-5-4-8-13(14)15(21)10-20(23)24/h2-9,16H,10H2,1H3,(H,19,22). The zero-order valence-electron chi connectivity index (χ0n) is 12.9. The molecule has 24 heavy (non-hydrogen) atoms. The Labute approximate surface area is 143 Å². The predicted molar refractivity (Wildman–Crippen MR) is 89.7 cm³/mol. The Morgan fingerprint density at radius 3 is 2.29 bits per heavy atom. The second-order valence-electron chi connectivity index (χ2n) is 5.25. The van der Waals surface area contributed by atoms with Gasteiger partial charge >= 0.3 is 0 Å². The van der Waals surface area contributed by atoms with E-state index in [4.69, 9.17) is 11.8 Å². The van der Waals surface area contributed by atoms with Gasteiger partial charge in [0.1, 0.15) is 0 Å². The van der Waals surface area contributed by atoms with Gasteiger partial charge in [-0.25, -0.2) is 0 Å². The van der Waals surface area contributed by atoms with Crippen LogP contribution in [0.15, 0.2) is 48.5 Å². The first-order valence-corrected chi connectivity index (χ1v) is 7.53. The van der Waals surface area contributed by atoms with Crippen LogP contribution >= 0.6 is 11.8 Å². The quantitative estimate of drug-likeness (QED) is 0.377. The number of halogens is 1. The molecule has 1 N–H and O–H groups in total. The third kappa shape index (κ3) is 3.78. The smallest absolute Gasteiger partial charge is 0.265 e. The molecule has 1 amide bonds. The molecule has 0 saturated carbocycles. The van der Waals surface area contributed by atoms with Crippen molar-refractivity contribution in [3.05, 3.63) is 80.9 Å². The van der Waals surface area contributed by atoms with E-state index in [1.807, 2.05) is 19.1 Å². The van der Waals surface area contributed by atoms with E-state index in [1.54, 1.807) is 30.3 Å². The van der Waals surface area contributed by atoms with Gasteiger partial charge in [-0.2, -0.15) is 0 Å². The van der Waals surface area contributed by atoms with Gasteiger partial charge in [0, 0.05) is 22.3 Å². The first kappa shape index (κ1) is 17.6. The molecule has 0 saturated heterocycles. The fraction of sp³-hybridized carbons (Fsp3) is 0.176. The first-order chi connectivity index (χ1) is 11.5. The molecule has 0 spiro atoms. The summed E-state index contributed by atoms with van der Waals surface area (Å²) in [6, 6.07) is 13.6. The van der Waals surface area contributed by atoms with Crippen molar-refractivity contribution in [1.29, 1.82) is 0 Å². The van der Waals surface area contributed by atoms with Crippen molar-refractivity contribution in [2.75, 3.05) is 6.54 Å². The summed E-state index contributed by atoms with van der Waals surface area (Å²) >= 11 is 5.52. The maximum absolute atomic E-state index is 12.4. The van der Waals surface area contributed by atoms with Crippen LogP contribution in [0.1, 0.15) is 33.0 Å². The van der Waals surface area contributed by atoms with Crippen LogP contribution in [0.25, 0.3) is 0 Å². The normalized spacial score (nSPS) is 11.6. The van der Waals surface area contributed by atoms with E-state index < -0.39 is 29.1 Å². The molecule has 0 fully saturated rings. The molecular weight excluding hydrogens is 332 g/mol. The molecule has 1 atom stereocenters. The number of ketones is 1. The molecule has 0 bridgehead atoms. The van der Waals surface area contributed by atoms with E-state index >= 15 is 0 Å². The first-order valence-electron chi connectivity index (χ1n) is 7.15. The van der Waals surface area contributed by atoms with Gasteiger partial charge in [-0.15, -0.1) is 0 Å². The number of benzene rings is 2. The fourth-order valence-electron chi connectivity index (χ4n) is 2.62. The molecular formula is C17H15ClN2O4. The summed E-state index contributed by atoms with van der Waals surface area (Å²) in [7, 11) is 0. The molecule has 0 heterocycles. The highest BCUT2D eigenvalue weighted by Gasteiger charge is 2.28. The minimum Gasteiger partial charge on any atom is -0.287 e. The fourth-order valence-corrected chi connectivity index (χ4v) is 2.73. The summed E-state index contributed by atoms with van der Waals surface area (Å²) in [5.74, 6) is -2.00. The summed E-state index contributed by atoms with van der Waals surface area (Å²) < 4.78 is 0. The van der Waals surface area contributed by atoms with Crippen LogP contribution in [0.4, 0.5) is 0 Å². The van der Waals surface area contributed by atoms with Crippen molar-refractivity contribution >= 4 is 23.5 Å². The van der Waals surface area contributed by atoms with Crippen LogP contribution < -0.4 is 4.84 Å². The molecule has 6 nitrogen and oxygen atoms in total. The van der Waals surface area contributed by atoms with Gasteiger partial charge in [-0.1, -0.05) is 48.5 Å². The van der Waals surface area contributed by atoms with E-state index in [-0.39, 0.29) is 5.56 Å². The number of carbonyl (C=O) groups excluding carboxylic acids is 2. The highest BCUT2D eigenvalue weighted by molar-refractivity contribution is 6.22. The lowest BCUT2D eigenvalue weighted by Gasteiger charge is -2.20. The van der Waals surface area contributed by atoms with Crippen LogP contribution in [-0.2, 0) is 4.79 Å². The van der Waals surface area contributed by atoms with Gasteiger partial charge in [-0.3, -0.25) is 24.5 Å². The summed E-state index contributed by atoms with van der Waals surface area (Å²) in [6.07, 6.45) is 0. The number of carbonyl (C=O) groups is 2. The molecule has 7 heteroatoms. The lowest BCUT2D eigenvalue weighted by atomic mass is 9.84. The number of hydrogen-bond donors (Lipinski definition) is 1. The number of amides is 1. The zero-order chi connectivity index (χ0) is 17.7. The van der Waals surface area contributed by atoms with Crippen molar-refractivity contribution in [1.82, 2.24) is 4.84 Å². The molecule has 0 aliphatic rings. The summed E-state index contributed by atoms with van der Waals surface area (Å²) in [5, 5.41) is 10.7. The number of Topliss-reactive ketones (excluding diaryl/α,β-unsaturated/α-hetero) is 1. The van der Waals surface area contributed by atoms with E-state index in [9.17, 15) is 19.7 Å². The highest BCUT2D eigenvalue weighted by atomic mass is 35.5. The van der Waals surface area contributed by atoms with Crippen molar-refractivity contribution in [3.63, 3.8) is 0 Å². The van der Waals surface area contributed by atoms with Crippen molar-refractivity contribution in [2.24, 2.45) is 0 Å². The average Bonchev–Trinajstić information content (AvgIpc) is 2.56. The van der Waals surface area contributed by atoms with Crippen molar-refractivity contribution < 1.29 is 14.5 Å². The third-order valence-corrected chi connectivity index (χ3v) is 3.89. The number of nitrogens with zero attached hydrogens (tertiary/aromatic N) is 1. The van der Waals surface area contributed by atoms with E-state index in [2.05, 4.69) is 4.84 Å². The van der Waals surface area contributed by atoms with Crippen LogP contribution in [0.3, 0.4) is 0 Å². The van der Waals surface area contributed by atoms with Gasteiger partial charge in [0.05, 0.1) is 5.92 Å². The minimum absolute atomic E-state index is 0.141. The number of rotatable bonds is 6. The van der Waals surface area contributed by atoms with Gasteiger partial charge in [0.2, 0.25) is 11.7 Å². The van der Waals surface area contributed by atoms with Gasteiger partial charge < -0.3 is 0 Å². The maximum Gasteiger partial charge on any atom is 0.265 e. The number of aryl methyl sites for hydroxylation is 1. The molecule has 1 unspecified atom stereocenters. The molecule has 0 aliphatic carbocycles. The van der Waals surface area contributed by atoms with Crippen LogP contribution in [-0.4, -0.2) is 23.2 Å². The van der Waals surface area contributed by atoms with Crippen molar-refractivity contribution in [3.8, 4) is 0 Å². The monoisotopic (exact) mass is 346 g/mol. The van der Waals surface area contributed by atoms with Gasteiger partial charge in [0.15, 0.2) is 0 Å². The van der Waals surface area contributed by atoms with Gasteiger partial charge in [0.25, 0.3) is 6.54 Å². The Hall–Kier alpha value is -2.73. The average molecular weight is 347 g/mol.